The number of carbonyl (C=O) groups excluding carboxylic acids is 1. The number of ether oxygens (including phenoxy) is 1. The summed E-state index contributed by atoms with van der Waals surface area (Å²) in [5, 5.41) is 10.1. The number of hydrogen-bond donors (Lipinski definition) is 2. The minimum atomic E-state index is -5.08. The van der Waals surface area contributed by atoms with Gasteiger partial charge >= 0.3 is 18.1 Å². The van der Waals surface area contributed by atoms with E-state index in [1.165, 1.54) is 0 Å². The van der Waals surface area contributed by atoms with Crippen LogP contribution in [0.2, 0.25) is 0 Å². The van der Waals surface area contributed by atoms with E-state index < -0.39 is 17.7 Å². The predicted octanol–water partition coefficient (Wildman–Crippen LogP) is 2.52. The van der Waals surface area contributed by atoms with Crippen LogP contribution in [-0.2, 0) is 14.3 Å². The molecule has 0 heterocycles. The lowest BCUT2D eigenvalue weighted by Crippen LogP contribution is -2.39. The standard InChI is InChI=1S/C11H21NO2.C2HF3O2/c1-6-7-8-9(12-5)10(13)14-11(2,3)4;3-2(4,5)1(6)7/h6,9,12H,1,7-8H2,2-5H3;(H,6,7)/t9-;/m0./s1. The fourth-order valence-corrected chi connectivity index (χ4v) is 1.04. The van der Waals surface area contributed by atoms with Crippen LogP contribution in [0, 0.1) is 0 Å². The maximum absolute atomic E-state index is 11.6. The average Bonchev–Trinajstić information content (AvgIpc) is 2.27. The third kappa shape index (κ3) is 13.2. The van der Waals surface area contributed by atoms with E-state index in [0.29, 0.717) is 0 Å². The number of nitrogens with one attached hydrogen (secondary N) is 1. The summed E-state index contributed by atoms with van der Waals surface area (Å²) in [7, 11) is 1.76. The number of hydrogen-bond acceptors (Lipinski definition) is 4. The van der Waals surface area contributed by atoms with Crippen molar-refractivity contribution in [2.75, 3.05) is 7.05 Å². The summed E-state index contributed by atoms with van der Waals surface area (Å²) >= 11 is 0. The zero-order chi connectivity index (χ0) is 17.3. The molecule has 0 unspecified atom stereocenters. The van der Waals surface area contributed by atoms with E-state index in [2.05, 4.69) is 11.9 Å². The van der Waals surface area contributed by atoms with Gasteiger partial charge in [-0.2, -0.15) is 13.2 Å². The van der Waals surface area contributed by atoms with Crippen LogP contribution in [0.25, 0.3) is 0 Å². The van der Waals surface area contributed by atoms with Gasteiger partial charge in [-0.15, -0.1) is 6.58 Å². The van der Waals surface area contributed by atoms with E-state index in [0.717, 1.165) is 12.8 Å². The third-order valence-electron chi connectivity index (χ3n) is 1.94. The van der Waals surface area contributed by atoms with E-state index in [-0.39, 0.29) is 12.0 Å². The summed E-state index contributed by atoms with van der Waals surface area (Å²) in [6.45, 7) is 9.22. The lowest BCUT2D eigenvalue weighted by molar-refractivity contribution is -0.192. The van der Waals surface area contributed by atoms with Crippen LogP contribution in [0.5, 0.6) is 0 Å². The van der Waals surface area contributed by atoms with Crippen LogP contribution in [0.4, 0.5) is 13.2 Å². The molecule has 0 saturated carbocycles. The summed E-state index contributed by atoms with van der Waals surface area (Å²) in [4.78, 5) is 20.5. The van der Waals surface area contributed by atoms with Crippen molar-refractivity contribution < 1.29 is 32.6 Å². The second-order valence-corrected chi connectivity index (χ2v) is 5.04. The first-order chi connectivity index (χ1) is 9.35. The van der Waals surface area contributed by atoms with Crippen molar-refractivity contribution in [3.05, 3.63) is 12.7 Å². The lowest BCUT2D eigenvalue weighted by Gasteiger charge is -2.23. The van der Waals surface area contributed by atoms with Gasteiger partial charge in [0.05, 0.1) is 0 Å². The number of halogens is 3. The minimum absolute atomic E-state index is 0.193. The number of likely N-dealkylation sites (N-methyl/N-ethyl adjacent to an activating group) is 1. The number of alkyl halides is 3. The van der Waals surface area contributed by atoms with E-state index >= 15 is 0 Å². The molecule has 8 heteroatoms. The number of carbonyl (C=O) groups is 2. The van der Waals surface area contributed by atoms with Crippen molar-refractivity contribution in [3.63, 3.8) is 0 Å². The molecule has 0 aliphatic carbocycles. The van der Waals surface area contributed by atoms with Gasteiger partial charge in [0.2, 0.25) is 0 Å². The SMILES string of the molecule is C=CCC[C@H](NC)C(=O)OC(C)(C)C.O=C(O)C(F)(F)F. The van der Waals surface area contributed by atoms with E-state index in [4.69, 9.17) is 14.6 Å². The van der Waals surface area contributed by atoms with E-state index in [9.17, 15) is 18.0 Å². The fourth-order valence-electron chi connectivity index (χ4n) is 1.04. The Morgan fingerprint density at radius 2 is 1.76 bits per heavy atom. The highest BCUT2D eigenvalue weighted by Gasteiger charge is 2.38. The van der Waals surface area contributed by atoms with Gasteiger partial charge in [-0.3, -0.25) is 4.79 Å². The Hall–Kier alpha value is -1.57. The summed E-state index contributed by atoms with van der Waals surface area (Å²) in [6, 6.07) is -0.229. The quantitative estimate of drug-likeness (QED) is 0.602. The maximum Gasteiger partial charge on any atom is 0.490 e. The Morgan fingerprint density at radius 1 is 1.33 bits per heavy atom. The molecular weight excluding hydrogens is 291 g/mol. The highest BCUT2D eigenvalue weighted by molar-refractivity contribution is 5.76. The first kappa shape index (κ1) is 21.7. The highest BCUT2D eigenvalue weighted by Crippen LogP contribution is 2.13. The van der Waals surface area contributed by atoms with Gasteiger partial charge in [-0.25, -0.2) is 4.79 Å². The molecule has 0 spiro atoms. The van der Waals surface area contributed by atoms with Crippen LogP contribution in [0.3, 0.4) is 0 Å². The molecule has 0 rings (SSSR count). The van der Waals surface area contributed by atoms with Gasteiger partial charge in [-0.1, -0.05) is 6.08 Å². The Kier molecular flexibility index (Phi) is 9.70. The first-order valence-corrected chi connectivity index (χ1v) is 6.16. The highest BCUT2D eigenvalue weighted by atomic mass is 19.4. The molecule has 21 heavy (non-hydrogen) atoms. The van der Waals surface area contributed by atoms with Crippen LogP contribution < -0.4 is 5.32 Å². The van der Waals surface area contributed by atoms with Crippen molar-refractivity contribution in [1.82, 2.24) is 5.32 Å². The molecule has 0 aromatic heterocycles. The van der Waals surface area contributed by atoms with Gasteiger partial charge in [0.15, 0.2) is 0 Å². The van der Waals surface area contributed by atoms with Gasteiger partial charge in [0.25, 0.3) is 0 Å². The second-order valence-electron chi connectivity index (χ2n) is 5.04. The molecule has 0 aromatic rings. The molecule has 0 aliphatic heterocycles. The predicted molar refractivity (Wildman–Crippen MR) is 71.8 cm³/mol. The Labute approximate surface area is 122 Å². The lowest BCUT2D eigenvalue weighted by atomic mass is 10.1. The number of carboxylic acid groups (broad SMARTS) is 1. The zero-order valence-corrected chi connectivity index (χ0v) is 12.6. The largest absolute Gasteiger partial charge is 0.490 e. The number of rotatable bonds is 5. The zero-order valence-electron chi connectivity index (χ0n) is 12.6. The van der Waals surface area contributed by atoms with Crippen LogP contribution in [0.1, 0.15) is 33.6 Å². The van der Waals surface area contributed by atoms with Crippen molar-refractivity contribution in [1.29, 1.82) is 0 Å². The van der Waals surface area contributed by atoms with Gasteiger partial charge in [-0.05, 0) is 40.7 Å². The van der Waals surface area contributed by atoms with Gasteiger partial charge in [0, 0.05) is 0 Å². The number of carboxylic acids is 1. The molecule has 0 aliphatic rings. The smallest absolute Gasteiger partial charge is 0.475 e. The third-order valence-corrected chi connectivity index (χ3v) is 1.94. The number of allylic oxidation sites excluding steroid dienone is 1. The molecule has 2 N–H and O–H groups in total. The number of aliphatic carboxylic acids is 1. The Bertz CT molecular complexity index is 348. The average molecular weight is 313 g/mol. The molecule has 0 radical (unpaired) electrons. The number of esters is 1. The molecule has 0 amide bonds. The molecule has 0 aromatic carbocycles. The maximum atomic E-state index is 11.6. The van der Waals surface area contributed by atoms with Crippen molar-refractivity contribution in [2.24, 2.45) is 0 Å². The summed E-state index contributed by atoms with van der Waals surface area (Å²) in [5.74, 6) is -2.95. The topological polar surface area (TPSA) is 75.6 Å². The molecule has 0 fully saturated rings. The van der Waals surface area contributed by atoms with E-state index in [1.807, 2.05) is 20.8 Å². The molecule has 124 valence electrons. The van der Waals surface area contributed by atoms with Crippen molar-refractivity contribution in [3.8, 4) is 0 Å². The molecule has 5 nitrogen and oxygen atoms in total. The molecule has 0 saturated heterocycles. The minimum Gasteiger partial charge on any atom is -0.475 e. The van der Waals surface area contributed by atoms with Crippen LogP contribution in [-0.4, -0.2) is 41.9 Å². The summed E-state index contributed by atoms with van der Waals surface area (Å²) in [6.07, 6.45) is -1.74. The van der Waals surface area contributed by atoms with Crippen molar-refractivity contribution in [2.45, 2.75) is 51.4 Å². The fraction of sp³-hybridized carbons (Fsp3) is 0.692. The van der Waals surface area contributed by atoms with Crippen LogP contribution in [0.15, 0.2) is 12.7 Å². The second kappa shape index (κ2) is 9.38. The Morgan fingerprint density at radius 3 is 2.00 bits per heavy atom. The molecule has 1 atom stereocenters. The molecular formula is C13H22F3NO4. The van der Waals surface area contributed by atoms with Gasteiger partial charge < -0.3 is 15.2 Å². The monoisotopic (exact) mass is 313 g/mol. The van der Waals surface area contributed by atoms with E-state index in [1.54, 1.807) is 13.1 Å². The Balaban J connectivity index is 0. The van der Waals surface area contributed by atoms with Crippen LogP contribution >= 0.6 is 0 Å². The first-order valence-electron chi connectivity index (χ1n) is 6.16. The summed E-state index contributed by atoms with van der Waals surface area (Å²) < 4.78 is 37.0. The van der Waals surface area contributed by atoms with Crippen molar-refractivity contribution >= 4 is 11.9 Å². The van der Waals surface area contributed by atoms with Gasteiger partial charge in [0.1, 0.15) is 11.6 Å². The summed E-state index contributed by atoms with van der Waals surface area (Å²) in [5.41, 5.74) is -0.416. The normalized spacial score (nSPS) is 12.7. The molecule has 0 bridgehead atoms.